The summed E-state index contributed by atoms with van der Waals surface area (Å²) in [5.74, 6) is 0.302. The molecular weight excluding hydrogens is 315 g/mol. The van der Waals surface area contributed by atoms with Crippen LogP contribution in [0.1, 0.15) is 31.1 Å². The van der Waals surface area contributed by atoms with E-state index in [1.165, 1.54) is 12.1 Å². The first kappa shape index (κ1) is 12.7. The quantitative estimate of drug-likeness (QED) is 0.920. The van der Waals surface area contributed by atoms with E-state index in [2.05, 4.69) is 26.1 Å². The lowest BCUT2D eigenvalue weighted by atomic mass is 10.1. The van der Waals surface area contributed by atoms with Crippen molar-refractivity contribution in [3.8, 4) is 11.4 Å². The molecule has 1 saturated carbocycles. The first-order valence-electron chi connectivity index (χ1n) is 6.12. The average Bonchev–Trinajstić information content (AvgIpc) is 3.00. The van der Waals surface area contributed by atoms with Crippen LogP contribution in [0.5, 0.6) is 0 Å². The van der Waals surface area contributed by atoms with Gasteiger partial charge in [-0.15, -0.1) is 0 Å². The maximum absolute atomic E-state index is 13.3. The number of aromatic nitrogens is 2. The molecule has 4 nitrogen and oxygen atoms in total. The molecule has 19 heavy (non-hydrogen) atoms. The number of benzene rings is 1. The fourth-order valence-corrected chi connectivity index (χ4v) is 2.82. The molecular formula is C13H12BrFN2O2. The molecule has 1 aliphatic carbocycles. The van der Waals surface area contributed by atoms with Crippen molar-refractivity contribution in [1.82, 2.24) is 10.1 Å². The molecule has 1 aromatic carbocycles. The number of halogens is 2. The molecule has 0 radical (unpaired) electrons. The lowest BCUT2D eigenvalue weighted by molar-refractivity contribution is 0.148. The molecule has 1 N–H and O–H groups in total. The van der Waals surface area contributed by atoms with Gasteiger partial charge in [0.25, 0.3) is 0 Å². The fourth-order valence-electron chi connectivity index (χ4n) is 2.39. The monoisotopic (exact) mass is 326 g/mol. The van der Waals surface area contributed by atoms with Gasteiger partial charge in [-0.05, 0) is 37.5 Å². The Morgan fingerprint density at radius 2 is 2.21 bits per heavy atom. The van der Waals surface area contributed by atoms with Crippen LogP contribution in [0.4, 0.5) is 4.39 Å². The molecule has 3 rings (SSSR count). The van der Waals surface area contributed by atoms with Gasteiger partial charge in [0.15, 0.2) is 0 Å². The standard InChI is InChI=1S/C13H12BrFN2O2/c14-10-5-4-7(15)6-9(10)12-16-13(19-17-12)8-2-1-3-11(8)18/h4-6,8,11,18H,1-3H2. The molecule has 2 unspecified atom stereocenters. The first-order valence-corrected chi connectivity index (χ1v) is 6.91. The number of hydrogen-bond acceptors (Lipinski definition) is 4. The van der Waals surface area contributed by atoms with E-state index in [0.29, 0.717) is 21.8 Å². The van der Waals surface area contributed by atoms with Gasteiger partial charge >= 0.3 is 0 Å². The van der Waals surface area contributed by atoms with Crippen molar-refractivity contribution < 1.29 is 14.0 Å². The van der Waals surface area contributed by atoms with Crippen LogP contribution >= 0.6 is 15.9 Å². The maximum Gasteiger partial charge on any atom is 0.232 e. The SMILES string of the molecule is OC1CCCC1c1nc(-c2cc(F)ccc2Br)no1. The summed E-state index contributed by atoms with van der Waals surface area (Å²) in [5.41, 5.74) is 0.544. The first-order chi connectivity index (χ1) is 9.15. The van der Waals surface area contributed by atoms with Gasteiger partial charge < -0.3 is 9.63 Å². The highest BCUT2D eigenvalue weighted by atomic mass is 79.9. The second-order valence-electron chi connectivity index (χ2n) is 4.69. The van der Waals surface area contributed by atoms with Gasteiger partial charge in [0.05, 0.1) is 12.0 Å². The highest BCUT2D eigenvalue weighted by Crippen LogP contribution is 2.35. The van der Waals surface area contributed by atoms with Crippen molar-refractivity contribution in [3.05, 3.63) is 34.4 Å². The number of rotatable bonds is 2. The second kappa shape index (κ2) is 5.02. The van der Waals surface area contributed by atoms with Gasteiger partial charge in [0, 0.05) is 10.0 Å². The van der Waals surface area contributed by atoms with E-state index >= 15 is 0 Å². The van der Waals surface area contributed by atoms with E-state index in [-0.39, 0.29) is 11.7 Å². The molecule has 1 aromatic heterocycles. The number of aliphatic hydroxyl groups is 1. The maximum atomic E-state index is 13.3. The lowest BCUT2D eigenvalue weighted by Gasteiger charge is -2.07. The largest absolute Gasteiger partial charge is 0.392 e. The molecule has 100 valence electrons. The highest BCUT2D eigenvalue weighted by Gasteiger charge is 2.31. The molecule has 1 fully saturated rings. The summed E-state index contributed by atoms with van der Waals surface area (Å²) in [6, 6.07) is 4.31. The Morgan fingerprint density at radius 3 is 2.95 bits per heavy atom. The zero-order chi connectivity index (χ0) is 13.4. The third-order valence-corrected chi connectivity index (χ3v) is 4.10. The van der Waals surface area contributed by atoms with Crippen LogP contribution in [0.2, 0.25) is 0 Å². The van der Waals surface area contributed by atoms with Crippen molar-refractivity contribution in [1.29, 1.82) is 0 Å². The van der Waals surface area contributed by atoms with E-state index in [1.807, 2.05) is 0 Å². The summed E-state index contributed by atoms with van der Waals surface area (Å²) in [6.45, 7) is 0. The average molecular weight is 327 g/mol. The molecule has 2 aromatic rings. The molecule has 0 spiro atoms. The van der Waals surface area contributed by atoms with Crippen LogP contribution in [0.15, 0.2) is 27.2 Å². The number of nitrogens with zero attached hydrogens (tertiary/aromatic N) is 2. The molecule has 6 heteroatoms. The van der Waals surface area contributed by atoms with E-state index in [4.69, 9.17) is 4.52 Å². The van der Waals surface area contributed by atoms with Crippen LogP contribution < -0.4 is 0 Å². The predicted octanol–water partition coefficient (Wildman–Crippen LogP) is 3.27. The van der Waals surface area contributed by atoms with Crippen molar-refractivity contribution in [2.75, 3.05) is 0 Å². The van der Waals surface area contributed by atoms with Crippen LogP contribution in [-0.2, 0) is 0 Å². The van der Waals surface area contributed by atoms with Crippen molar-refractivity contribution in [2.24, 2.45) is 0 Å². The van der Waals surface area contributed by atoms with Gasteiger partial charge in [-0.2, -0.15) is 4.98 Å². The van der Waals surface area contributed by atoms with Crippen molar-refractivity contribution in [2.45, 2.75) is 31.3 Å². The lowest BCUT2D eigenvalue weighted by Crippen LogP contribution is -2.11. The minimum Gasteiger partial charge on any atom is -0.392 e. The van der Waals surface area contributed by atoms with Gasteiger partial charge in [-0.1, -0.05) is 21.1 Å². The summed E-state index contributed by atoms with van der Waals surface area (Å²) >= 11 is 3.33. The van der Waals surface area contributed by atoms with Gasteiger partial charge in [-0.25, -0.2) is 4.39 Å². The Balaban J connectivity index is 1.94. The summed E-state index contributed by atoms with van der Waals surface area (Å²) in [7, 11) is 0. The predicted molar refractivity (Wildman–Crippen MR) is 70.0 cm³/mol. The molecule has 2 atom stereocenters. The minimum absolute atomic E-state index is 0.103. The van der Waals surface area contributed by atoms with Crippen LogP contribution in [0.25, 0.3) is 11.4 Å². The Labute approximate surface area is 117 Å². The third-order valence-electron chi connectivity index (χ3n) is 3.41. The zero-order valence-electron chi connectivity index (χ0n) is 10.0. The van der Waals surface area contributed by atoms with Crippen LogP contribution in [0.3, 0.4) is 0 Å². The minimum atomic E-state index is -0.427. The van der Waals surface area contributed by atoms with Gasteiger partial charge in [-0.3, -0.25) is 0 Å². The molecule has 0 amide bonds. The number of hydrogen-bond donors (Lipinski definition) is 1. The second-order valence-corrected chi connectivity index (χ2v) is 5.54. The van der Waals surface area contributed by atoms with E-state index in [1.54, 1.807) is 6.07 Å². The molecule has 1 heterocycles. The summed E-state index contributed by atoms with van der Waals surface area (Å²) < 4.78 is 19.2. The summed E-state index contributed by atoms with van der Waals surface area (Å²) in [5, 5.41) is 13.7. The Morgan fingerprint density at radius 1 is 1.37 bits per heavy atom. The fraction of sp³-hybridized carbons (Fsp3) is 0.385. The van der Waals surface area contributed by atoms with Gasteiger partial charge in [0.2, 0.25) is 11.7 Å². The molecule has 0 bridgehead atoms. The summed E-state index contributed by atoms with van der Waals surface area (Å²) in [4.78, 5) is 4.28. The van der Waals surface area contributed by atoms with E-state index in [0.717, 1.165) is 19.3 Å². The van der Waals surface area contributed by atoms with Crippen LogP contribution in [-0.4, -0.2) is 21.4 Å². The van der Waals surface area contributed by atoms with Crippen molar-refractivity contribution in [3.63, 3.8) is 0 Å². The molecule has 0 saturated heterocycles. The van der Waals surface area contributed by atoms with E-state index in [9.17, 15) is 9.50 Å². The van der Waals surface area contributed by atoms with Crippen LogP contribution in [0, 0.1) is 5.82 Å². The topological polar surface area (TPSA) is 59.2 Å². The van der Waals surface area contributed by atoms with Gasteiger partial charge in [0.1, 0.15) is 5.82 Å². The Bertz CT molecular complexity index is 602. The number of aliphatic hydroxyl groups excluding tert-OH is 1. The normalized spacial score (nSPS) is 22.9. The summed E-state index contributed by atoms with van der Waals surface area (Å²) in [6.07, 6.45) is 2.12. The Kier molecular flexibility index (Phi) is 3.36. The Hall–Kier alpha value is -1.27. The van der Waals surface area contributed by atoms with E-state index < -0.39 is 6.10 Å². The highest BCUT2D eigenvalue weighted by molar-refractivity contribution is 9.10. The molecule has 1 aliphatic rings. The van der Waals surface area contributed by atoms with Crippen molar-refractivity contribution >= 4 is 15.9 Å². The smallest absolute Gasteiger partial charge is 0.232 e. The third kappa shape index (κ3) is 2.42. The zero-order valence-corrected chi connectivity index (χ0v) is 11.6. The molecule has 0 aliphatic heterocycles.